The average molecular weight is 400 g/mol. The number of rotatable bonds is 5. The molecule has 0 radical (unpaired) electrons. The molecule has 3 atom stereocenters. The third-order valence-electron chi connectivity index (χ3n) is 6.09. The Balaban J connectivity index is 1.44. The number of amides is 1. The molecule has 29 heavy (non-hydrogen) atoms. The molecular formula is C22H25FN2O4. The Bertz CT molecular complexity index is 896. The fourth-order valence-electron chi connectivity index (χ4n) is 4.72. The van der Waals surface area contributed by atoms with E-state index in [4.69, 9.17) is 9.15 Å². The highest BCUT2D eigenvalue weighted by Crippen LogP contribution is 2.40. The molecule has 1 aromatic carbocycles. The van der Waals surface area contributed by atoms with E-state index in [2.05, 4.69) is 4.98 Å². The maximum Gasteiger partial charge on any atom is 0.328 e. The van der Waals surface area contributed by atoms with Crippen LogP contribution < -0.4 is 0 Å². The lowest BCUT2D eigenvalue weighted by molar-refractivity contribution is -0.152. The summed E-state index contributed by atoms with van der Waals surface area (Å²) in [5.41, 5.74) is 0.341. The number of fused-ring (bicyclic) bond motifs is 1. The fraction of sp³-hybridized carbons (Fsp3) is 0.500. The molecule has 3 unspecified atom stereocenters. The van der Waals surface area contributed by atoms with Crippen LogP contribution >= 0.6 is 0 Å². The molecule has 6 nitrogen and oxygen atoms in total. The number of ether oxygens (including phenoxy) is 1. The van der Waals surface area contributed by atoms with Crippen molar-refractivity contribution in [3.8, 4) is 11.3 Å². The summed E-state index contributed by atoms with van der Waals surface area (Å²) in [5, 5.41) is 0. The van der Waals surface area contributed by atoms with Gasteiger partial charge in [-0.3, -0.25) is 4.79 Å². The molecule has 7 heteroatoms. The third-order valence-corrected chi connectivity index (χ3v) is 6.09. The maximum atomic E-state index is 13.9. The number of benzene rings is 1. The Morgan fingerprint density at radius 3 is 2.86 bits per heavy atom. The number of nitrogens with zero attached hydrogens (tertiary/aromatic N) is 2. The summed E-state index contributed by atoms with van der Waals surface area (Å²) in [6, 6.07) is 5.94. The molecule has 1 saturated carbocycles. The molecule has 0 bridgehead atoms. The molecule has 2 fully saturated rings. The molecule has 0 spiro atoms. The Kier molecular flexibility index (Phi) is 5.65. The van der Waals surface area contributed by atoms with Crippen molar-refractivity contribution in [1.82, 2.24) is 9.88 Å². The topological polar surface area (TPSA) is 72.6 Å². The van der Waals surface area contributed by atoms with Gasteiger partial charge in [0, 0.05) is 18.9 Å². The van der Waals surface area contributed by atoms with Crippen LogP contribution in [0.2, 0.25) is 0 Å². The summed E-state index contributed by atoms with van der Waals surface area (Å²) in [6.45, 7) is 0. The molecule has 2 heterocycles. The molecule has 2 aliphatic rings. The molecule has 1 aromatic heterocycles. The van der Waals surface area contributed by atoms with Crippen molar-refractivity contribution in [3.05, 3.63) is 42.2 Å². The third kappa shape index (κ3) is 3.91. The van der Waals surface area contributed by atoms with Gasteiger partial charge in [-0.1, -0.05) is 25.0 Å². The molecule has 1 amide bonds. The van der Waals surface area contributed by atoms with Gasteiger partial charge >= 0.3 is 5.97 Å². The standard InChI is InChI=1S/C22H25FN2O4/c1-28-22(27)18-12-14-6-2-5-9-17(14)25(18)21(26)11-10-20-24-13-19(29-20)15-7-3-4-8-16(15)23/h3-4,7-8,13-14,17-18H,2,5-6,9-12H2,1H3. The highest BCUT2D eigenvalue weighted by molar-refractivity contribution is 5.85. The zero-order valence-corrected chi connectivity index (χ0v) is 16.5. The molecular weight excluding hydrogens is 375 g/mol. The Hall–Kier alpha value is -2.70. The van der Waals surface area contributed by atoms with Crippen LogP contribution in [0.1, 0.15) is 44.4 Å². The van der Waals surface area contributed by atoms with Crippen LogP contribution in [0.4, 0.5) is 4.39 Å². The summed E-state index contributed by atoms with van der Waals surface area (Å²) in [7, 11) is 1.37. The van der Waals surface area contributed by atoms with Crippen molar-refractivity contribution < 1.29 is 23.1 Å². The monoisotopic (exact) mass is 400 g/mol. The van der Waals surface area contributed by atoms with Crippen LogP contribution in [-0.4, -0.2) is 41.0 Å². The second-order valence-corrected chi connectivity index (χ2v) is 7.79. The van der Waals surface area contributed by atoms with Gasteiger partial charge in [-0.2, -0.15) is 0 Å². The van der Waals surface area contributed by atoms with Gasteiger partial charge < -0.3 is 14.1 Å². The minimum Gasteiger partial charge on any atom is -0.467 e. The molecule has 1 aliphatic carbocycles. The summed E-state index contributed by atoms with van der Waals surface area (Å²) in [4.78, 5) is 31.2. The first-order chi connectivity index (χ1) is 14.1. The molecule has 1 aliphatic heterocycles. The van der Waals surface area contributed by atoms with Crippen molar-refractivity contribution in [2.24, 2.45) is 5.92 Å². The fourth-order valence-corrected chi connectivity index (χ4v) is 4.72. The Morgan fingerprint density at radius 2 is 2.07 bits per heavy atom. The molecule has 1 saturated heterocycles. The van der Waals surface area contributed by atoms with E-state index in [1.54, 1.807) is 23.1 Å². The summed E-state index contributed by atoms with van der Waals surface area (Å²) < 4.78 is 24.5. The second-order valence-electron chi connectivity index (χ2n) is 7.79. The lowest BCUT2D eigenvalue weighted by Gasteiger charge is -2.33. The first kappa shape index (κ1) is 19.6. The normalized spacial score (nSPS) is 23.7. The largest absolute Gasteiger partial charge is 0.467 e. The number of oxazole rings is 1. The SMILES string of the molecule is COC(=O)C1CC2CCCCC2N1C(=O)CCc1ncc(-c2ccccc2F)o1. The molecule has 0 N–H and O–H groups in total. The highest BCUT2D eigenvalue weighted by atomic mass is 19.1. The van der Waals surface area contributed by atoms with Crippen LogP contribution in [0, 0.1) is 11.7 Å². The van der Waals surface area contributed by atoms with Gasteiger partial charge in [0.2, 0.25) is 5.91 Å². The van der Waals surface area contributed by atoms with Gasteiger partial charge in [0.15, 0.2) is 11.7 Å². The predicted molar refractivity (Wildman–Crippen MR) is 103 cm³/mol. The Morgan fingerprint density at radius 1 is 1.28 bits per heavy atom. The van der Waals surface area contributed by atoms with Crippen LogP contribution in [0.25, 0.3) is 11.3 Å². The zero-order valence-electron chi connectivity index (χ0n) is 16.5. The maximum absolute atomic E-state index is 13.9. The summed E-state index contributed by atoms with van der Waals surface area (Å²) in [6.07, 6.45) is 6.84. The van der Waals surface area contributed by atoms with Crippen molar-refractivity contribution in [3.63, 3.8) is 0 Å². The van der Waals surface area contributed by atoms with E-state index in [1.807, 2.05) is 0 Å². The number of esters is 1. The average Bonchev–Trinajstić information content (AvgIpc) is 3.36. The zero-order chi connectivity index (χ0) is 20.4. The van der Waals surface area contributed by atoms with Crippen molar-refractivity contribution in [2.75, 3.05) is 7.11 Å². The lowest BCUT2D eigenvalue weighted by Crippen LogP contribution is -2.46. The number of carbonyl (C=O) groups excluding carboxylic acids is 2. The van der Waals surface area contributed by atoms with Gasteiger partial charge in [-0.15, -0.1) is 0 Å². The number of hydrogen-bond acceptors (Lipinski definition) is 5. The van der Waals surface area contributed by atoms with Gasteiger partial charge in [-0.05, 0) is 37.3 Å². The summed E-state index contributed by atoms with van der Waals surface area (Å²) in [5.74, 6) is 0.280. The highest BCUT2D eigenvalue weighted by Gasteiger charge is 2.47. The first-order valence-corrected chi connectivity index (χ1v) is 10.2. The number of carbonyl (C=O) groups is 2. The predicted octanol–water partition coefficient (Wildman–Crippen LogP) is 3.75. The van der Waals surface area contributed by atoms with Crippen molar-refractivity contribution in [1.29, 1.82) is 0 Å². The van der Waals surface area contributed by atoms with Crippen LogP contribution in [0.3, 0.4) is 0 Å². The van der Waals surface area contributed by atoms with E-state index in [1.165, 1.54) is 19.4 Å². The van der Waals surface area contributed by atoms with E-state index in [-0.39, 0.29) is 30.2 Å². The number of aromatic nitrogens is 1. The van der Waals surface area contributed by atoms with Gasteiger partial charge in [0.25, 0.3) is 0 Å². The quantitative estimate of drug-likeness (QED) is 0.715. The first-order valence-electron chi connectivity index (χ1n) is 10.2. The van der Waals surface area contributed by atoms with Crippen LogP contribution in [-0.2, 0) is 20.7 Å². The second kappa shape index (κ2) is 8.35. The van der Waals surface area contributed by atoms with Gasteiger partial charge in [0.05, 0.1) is 18.9 Å². The van der Waals surface area contributed by atoms with E-state index < -0.39 is 6.04 Å². The Labute approximate surface area is 169 Å². The number of methoxy groups -OCH3 is 1. The number of halogens is 1. The minimum atomic E-state index is -0.501. The van der Waals surface area contributed by atoms with Crippen LogP contribution in [0.15, 0.2) is 34.9 Å². The molecule has 154 valence electrons. The van der Waals surface area contributed by atoms with E-state index in [0.29, 0.717) is 36.0 Å². The number of aryl methyl sites for hydroxylation is 1. The van der Waals surface area contributed by atoms with E-state index >= 15 is 0 Å². The molecule has 2 aromatic rings. The summed E-state index contributed by atoms with van der Waals surface area (Å²) >= 11 is 0. The number of likely N-dealkylation sites (tertiary alicyclic amines) is 1. The minimum absolute atomic E-state index is 0.0829. The van der Waals surface area contributed by atoms with Crippen LogP contribution in [0.5, 0.6) is 0 Å². The van der Waals surface area contributed by atoms with E-state index in [9.17, 15) is 14.0 Å². The van der Waals surface area contributed by atoms with E-state index in [0.717, 1.165) is 25.7 Å². The number of hydrogen-bond donors (Lipinski definition) is 0. The van der Waals surface area contributed by atoms with Crippen molar-refractivity contribution in [2.45, 2.75) is 57.0 Å². The molecule has 4 rings (SSSR count). The lowest BCUT2D eigenvalue weighted by atomic mass is 9.84. The van der Waals surface area contributed by atoms with Gasteiger partial charge in [0.1, 0.15) is 11.9 Å². The van der Waals surface area contributed by atoms with Gasteiger partial charge in [-0.25, -0.2) is 14.2 Å². The van der Waals surface area contributed by atoms with Crippen molar-refractivity contribution >= 4 is 11.9 Å². The smallest absolute Gasteiger partial charge is 0.328 e.